The second-order valence-electron chi connectivity index (χ2n) is 5.01. The third-order valence-corrected chi connectivity index (χ3v) is 3.94. The van der Waals surface area contributed by atoms with Crippen molar-refractivity contribution in [3.05, 3.63) is 56.8 Å². The topological polar surface area (TPSA) is 68.3 Å². The molecule has 5 nitrogen and oxygen atoms in total. The zero-order chi connectivity index (χ0) is 15.1. The maximum Gasteiger partial charge on any atom is 0.265 e. The second kappa shape index (κ2) is 4.93. The van der Waals surface area contributed by atoms with Crippen LogP contribution in [0.15, 0.2) is 35.1 Å². The van der Waals surface area contributed by atoms with E-state index in [9.17, 15) is 9.59 Å². The van der Waals surface area contributed by atoms with Gasteiger partial charge in [0.25, 0.3) is 11.5 Å². The van der Waals surface area contributed by atoms with Gasteiger partial charge in [0, 0.05) is 23.8 Å². The molecular weight excluding hydrogens is 290 g/mol. The zero-order valence-corrected chi connectivity index (χ0v) is 12.2. The number of nitrogens with two attached hydrogens (primary N) is 1. The van der Waals surface area contributed by atoms with Gasteiger partial charge in [-0.05, 0) is 42.8 Å². The fourth-order valence-electron chi connectivity index (χ4n) is 2.69. The van der Waals surface area contributed by atoms with Crippen molar-refractivity contribution < 1.29 is 4.79 Å². The number of hydrogen-bond acceptors (Lipinski definition) is 3. The van der Waals surface area contributed by atoms with E-state index < -0.39 is 5.91 Å². The molecule has 108 valence electrons. The highest BCUT2D eigenvalue weighted by Crippen LogP contribution is 2.30. The molecule has 1 aliphatic heterocycles. The number of amides is 1. The number of carbonyl (C=O) groups is 1. The number of anilines is 2. The van der Waals surface area contributed by atoms with E-state index in [1.165, 1.54) is 0 Å². The summed E-state index contributed by atoms with van der Waals surface area (Å²) >= 11 is 5.90. The Bertz CT molecular complexity index is 781. The highest BCUT2D eigenvalue weighted by molar-refractivity contribution is 6.30. The zero-order valence-electron chi connectivity index (χ0n) is 11.5. The fourth-order valence-corrected chi connectivity index (χ4v) is 2.81. The van der Waals surface area contributed by atoms with Crippen LogP contribution >= 0.6 is 11.6 Å². The van der Waals surface area contributed by atoms with Crippen LogP contribution in [0.5, 0.6) is 0 Å². The van der Waals surface area contributed by atoms with Gasteiger partial charge in [0.1, 0.15) is 11.4 Å². The monoisotopic (exact) mass is 303 g/mol. The number of benzene rings is 1. The summed E-state index contributed by atoms with van der Waals surface area (Å²) in [6, 6.07) is 9.24. The summed E-state index contributed by atoms with van der Waals surface area (Å²) in [6.45, 7) is 2.91. The molecule has 0 bridgehead atoms. The first-order valence-electron chi connectivity index (χ1n) is 6.56. The van der Waals surface area contributed by atoms with E-state index >= 15 is 0 Å². The normalized spacial score (nSPS) is 13.3. The molecule has 21 heavy (non-hydrogen) atoms. The number of fused-ring (bicyclic) bond motifs is 1. The molecule has 0 spiro atoms. The minimum absolute atomic E-state index is 0.0664. The van der Waals surface area contributed by atoms with Gasteiger partial charge in [0.05, 0.1) is 0 Å². The average Bonchev–Trinajstić information content (AvgIpc) is 2.83. The number of nitrogens with zero attached hydrogens (tertiary/aromatic N) is 2. The van der Waals surface area contributed by atoms with E-state index in [4.69, 9.17) is 17.3 Å². The minimum atomic E-state index is -0.683. The van der Waals surface area contributed by atoms with Gasteiger partial charge in [-0.25, -0.2) is 0 Å². The van der Waals surface area contributed by atoms with Gasteiger partial charge in [0.2, 0.25) is 0 Å². The summed E-state index contributed by atoms with van der Waals surface area (Å²) in [5, 5.41) is 0.663. The van der Waals surface area contributed by atoms with Crippen LogP contribution in [-0.2, 0) is 6.54 Å². The molecule has 2 aromatic rings. The van der Waals surface area contributed by atoms with Crippen molar-refractivity contribution >= 4 is 29.0 Å². The van der Waals surface area contributed by atoms with Crippen molar-refractivity contribution in [2.45, 2.75) is 13.5 Å². The lowest BCUT2D eigenvalue weighted by Gasteiger charge is -2.19. The SMILES string of the molecule is Cc1cc2n(c(=O)c1C(N)=O)CCN2c1ccc(Cl)cc1. The summed E-state index contributed by atoms with van der Waals surface area (Å²) in [4.78, 5) is 25.8. The third-order valence-electron chi connectivity index (χ3n) is 3.68. The van der Waals surface area contributed by atoms with Gasteiger partial charge < -0.3 is 10.6 Å². The summed E-state index contributed by atoms with van der Waals surface area (Å²) in [7, 11) is 0. The Kier molecular flexibility index (Phi) is 3.22. The standard InChI is InChI=1S/C15H14ClN3O2/c1-9-8-12-18(11-4-2-10(16)3-5-11)6-7-19(12)15(21)13(9)14(17)20/h2-5,8H,6-7H2,1H3,(H2,17,20). The van der Waals surface area contributed by atoms with Crippen molar-refractivity contribution in [2.24, 2.45) is 5.73 Å². The highest BCUT2D eigenvalue weighted by Gasteiger charge is 2.25. The lowest BCUT2D eigenvalue weighted by molar-refractivity contribution is 0.0998. The van der Waals surface area contributed by atoms with Gasteiger partial charge in [-0.1, -0.05) is 11.6 Å². The summed E-state index contributed by atoms with van der Waals surface area (Å²) in [5.74, 6) is 0.0857. The predicted molar refractivity (Wildman–Crippen MR) is 82.4 cm³/mol. The number of aromatic nitrogens is 1. The highest BCUT2D eigenvalue weighted by atomic mass is 35.5. The molecule has 1 aromatic carbocycles. The molecule has 0 radical (unpaired) electrons. The first-order valence-corrected chi connectivity index (χ1v) is 6.94. The van der Waals surface area contributed by atoms with Crippen LogP contribution in [0.3, 0.4) is 0 Å². The molecule has 3 rings (SSSR count). The second-order valence-corrected chi connectivity index (χ2v) is 5.45. The Morgan fingerprint density at radius 2 is 1.90 bits per heavy atom. The van der Waals surface area contributed by atoms with Crippen molar-refractivity contribution in [2.75, 3.05) is 11.4 Å². The molecule has 2 heterocycles. The van der Waals surface area contributed by atoms with Crippen LogP contribution < -0.4 is 16.2 Å². The summed E-state index contributed by atoms with van der Waals surface area (Å²) in [5.41, 5.74) is 6.58. The summed E-state index contributed by atoms with van der Waals surface area (Å²) in [6.07, 6.45) is 0. The predicted octanol–water partition coefficient (Wildman–Crippen LogP) is 2.06. The molecule has 0 saturated carbocycles. The Labute approximate surface area is 126 Å². The lowest BCUT2D eigenvalue weighted by atomic mass is 10.1. The van der Waals surface area contributed by atoms with Crippen LogP contribution in [0.2, 0.25) is 5.02 Å². The average molecular weight is 304 g/mol. The quantitative estimate of drug-likeness (QED) is 0.923. The molecular formula is C15H14ClN3O2. The lowest BCUT2D eigenvalue weighted by Crippen LogP contribution is -2.30. The van der Waals surface area contributed by atoms with Gasteiger partial charge in [0.15, 0.2) is 0 Å². The Balaban J connectivity index is 2.13. The van der Waals surface area contributed by atoms with E-state index in [0.29, 0.717) is 23.7 Å². The van der Waals surface area contributed by atoms with Crippen LogP contribution in [0.4, 0.5) is 11.5 Å². The van der Waals surface area contributed by atoms with Crippen molar-refractivity contribution in [1.29, 1.82) is 0 Å². The maximum atomic E-state index is 12.4. The molecule has 0 saturated heterocycles. The van der Waals surface area contributed by atoms with E-state index in [0.717, 1.165) is 11.5 Å². The molecule has 0 fully saturated rings. The van der Waals surface area contributed by atoms with Gasteiger partial charge in [-0.15, -0.1) is 0 Å². The van der Waals surface area contributed by atoms with Crippen molar-refractivity contribution in [1.82, 2.24) is 4.57 Å². The molecule has 1 amide bonds. The number of halogens is 1. The molecule has 0 unspecified atom stereocenters. The molecule has 6 heteroatoms. The Hall–Kier alpha value is -2.27. The van der Waals surface area contributed by atoms with E-state index in [1.807, 2.05) is 35.2 Å². The minimum Gasteiger partial charge on any atom is -0.365 e. The maximum absolute atomic E-state index is 12.4. The van der Waals surface area contributed by atoms with Gasteiger partial charge in [-0.2, -0.15) is 0 Å². The van der Waals surface area contributed by atoms with Gasteiger partial charge in [-0.3, -0.25) is 14.2 Å². The van der Waals surface area contributed by atoms with E-state index in [1.54, 1.807) is 11.5 Å². The number of carbonyl (C=O) groups excluding carboxylic acids is 1. The molecule has 1 aliphatic rings. The van der Waals surface area contributed by atoms with Gasteiger partial charge >= 0.3 is 0 Å². The first kappa shape index (κ1) is 13.7. The van der Waals surface area contributed by atoms with E-state index in [2.05, 4.69) is 0 Å². The van der Waals surface area contributed by atoms with Crippen LogP contribution in [0.25, 0.3) is 0 Å². The molecule has 1 aromatic heterocycles. The van der Waals surface area contributed by atoms with Crippen molar-refractivity contribution in [3.8, 4) is 0 Å². The number of pyridine rings is 1. The molecule has 0 atom stereocenters. The summed E-state index contributed by atoms with van der Waals surface area (Å²) < 4.78 is 1.59. The smallest absolute Gasteiger partial charge is 0.265 e. The van der Waals surface area contributed by atoms with E-state index in [-0.39, 0.29) is 11.1 Å². The van der Waals surface area contributed by atoms with Crippen LogP contribution in [-0.4, -0.2) is 17.0 Å². The van der Waals surface area contributed by atoms with Crippen LogP contribution in [0.1, 0.15) is 15.9 Å². The number of rotatable bonds is 2. The molecule has 2 N–H and O–H groups in total. The molecule has 0 aliphatic carbocycles. The number of aryl methyl sites for hydroxylation is 1. The van der Waals surface area contributed by atoms with Crippen LogP contribution in [0, 0.1) is 6.92 Å². The fraction of sp³-hybridized carbons (Fsp3) is 0.200. The Morgan fingerprint density at radius 3 is 2.52 bits per heavy atom. The largest absolute Gasteiger partial charge is 0.365 e. The third kappa shape index (κ3) is 2.19. The first-order chi connectivity index (χ1) is 9.99. The van der Waals surface area contributed by atoms with Crippen molar-refractivity contribution in [3.63, 3.8) is 0 Å². The number of hydrogen-bond donors (Lipinski definition) is 1. The number of primary amides is 1. The Morgan fingerprint density at radius 1 is 1.24 bits per heavy atom.